The van der Waals surface area contributed by atoms with E-state index in [-0.39, 0.29) is 18.9 Å². The Balaban J connectivity index is 2.15. The van der Waals surface area contributed by atoms with E-state index in [1.54, 1.807) is 24.3 Å². The number of halogens is 2. The van der Waals surface area contributed by atoms with Crippen LogP contribution in [-0.2, 0) is 0 Å². The summed E-state index contributed by atoms with van der Waals surface area (Å²) in [5, 5.41) is 11.7. The fourth-order valence-electron chi connectivity index (χ4n) is 1.93. The molecule has 1 N–H and O–H groups in total. The van der Waals surface area contributed by atoms with Crippen molar-refractivity contribution in [3.05, 3.63) is 35.4 Å². The molecule has 0 spiro atoms. The van der Waals surface area contributed by atoms with Gasteiger partial charge in [0.25, 0.3) is 5.92 Å². The van der Waals surface area contributed by atoms with Crippen LogP contribution < -0.4 is 5.32 Å². The summed E-state index contributed by atoms with van der Waals surface area (Å²) in [5.74, 6) is -2.58. The second kappa shape index (κ2) is 4.18. The summed E-state index contributed by atoms with van der Waals surface area (Å²) in [6, 6.07) is 8.48. The summed E-state index contributed by atoms with van der Waals surface area (Å²) in [5.41, 5.74) is 1.37. The van der Waals surface area contributed by atoms with Crippen molar-refractivity contribution >= 4 is 0 Å². The van der Waals surface area contributed by atoms with E-state index in [0.29, 0.717) is 12.1 Å². The standard InChI is InChI=1S/C12H12F2N2/c13-12(14)5-6-16-11(7-12)10-3-1-9(8-15)2-4-10/h1-4,11,16H,5-7H2/t11-/m0/s1. The van der Waals surface area contributed by atoms with Crippen molar-refractivity contribution in [2.24, 2.45) is 0 Å². The maximum Gasteiger partial charge on any atom is 0.251 e. The summed E-state index contributed by atoms with van der Waals surface area (Å²) >= 11 is 0. The third kappa shape index (κ3) is 2.37. The average Bonchev–Trinajstić information content (AvgIpc) is 2.28. The lowest BCUT2D eigenvalue weighted by Gasteiger charge is -2.30. The molecule has 1 aromatic rings. The fourth-order valence-corrected chi connectivity index (χ4v) is 1.93. The Kier molecular flexibility index (Phi) is 2.88. The van der Waals surface area contributed by atoms with E-state index in [1.807, 2.05) is 6.07 Å². The lowest BCUT2D eigenvalue weighted by Crippen LogP contribution is -2.38. The van der Waals surface area contributed by atoms with Gasteiger partial charge >= 0.3 is 0 Å². The molecule has 1 saturated heterocycles. The van der Waals surface area contributed by atoms with Crippen molar-refractivity contribution in [1.82, 2.24) is 5.32 Å². The van der Waals surface area contributed by atoms with Crippen LogP contribution in [0, 0.1) is 11.3 Å². The largest absolute Gasteiger partial charge is 0.310 e. The van der Waals surface area contributed by atoms with Crippen molar-refractivity contribution in [3.63, 3.8) is 0 Å². The van der Waals surface area contributed by atoms with E-state index in [4.69, 9.17) is 5.26 Å². The lowest BCUT2D eigenvalue weighted by molar-refractivity contribution is -0.0415. The molecule has 16 heavy (non-hydrogen) atoms. The summed E-state index contributed by atoms with van der Waals surface area (Å²) in [6.45, 7) is 0.331. The molecule has 1 atom stereocenters. The monoisotopic (exact) mass is 222 g/mol. The van der Waals surface area contributed by atoms with Crippen molar-refractivity contribution in [1.29, 1.82) is 5.26 Å². The molecule has 0 aromatic heterocycles. The molecule has 0 bridgehead atoms. The summed E-state index contributed by atoms with van der Waals surface area (Å²) < 4.78 is 26.4. The SMILES string of the molecule is N#Cc1ccc([C@@H]2CC(F)(F)CCN2)cc1. The predicted octanol–water partition coefficient (Wildman–Crippen LogP) is 2.62. The zero-order valence-corrected chi connectivity index (χ0v) is 8.71. The van der Waals surface area contributed by atoms with Gasteiger partial charge in [-0.15, -0.1) is 0 Å². The van der Waals surface area contributed by atoms with Gasteiger partial charge in [0.2, 0.25) is 0 Å². The normalized spacial score (nSPS) is 23.7. The molecule has 2 nitrogen and oxygen atoms in total. The predicted molar refractivity (Wildman–Crippen MR) is 56.1 cm³/mol. The van der Waals surface area contributed by atoms with Gasteiger partial charge in [-0.3, -0.25) is 0 Å². The molecule has 0 aliphatic carbocycles. The molecular weight excluding hydrogens is 210 g/mol. The third-order valence-corrected chi connectivity index (χ3v) is 2.83. The molecule has 4 heteroatoms. The van der Waals surface area contributed by atoms with E-state index >= 15 is 0 Å². The molecule has 1 aromatic carbocycles. The fraction of sp³-hybridized carbons (Fsp3) is 0.417. The lowest BCUT2D eigenvalue weighted by atomic mass is 9.94. The number of nitrogens with one attached hydrogen (secondary N) is 1. The van der Waals surface area contributed by atoms with Crippen molar-refractivity contribution in [3.8, 4) is 6.07 Å². The second-order valence-electron chi connectivity index (χ2n) is 4.05. The highest BCUT2D eigenvalue weighted by molar-refractivity contribution is 5.33. The molecular formula is C12H12F2N2. The number of benzene rings is 1. The van der Waals surface area contributed by atoms with E-state index in [1.165, 1.54) is 0 Å². The number of hydrogen-bond donors (Lipinski definition) is 1. The maximum absolute atomic E-state index is 13.2. The van der Waals surface area contributed by atoms with E-state index in [2.05, 4.69) is 5.32 Å². The zero-order valence-electron chi connectivity index (χ0n) is 8.71. The zero-order chi connectivity index (χ0) is 11.6. The number of piperidine rings is 1. The van der Waals surface area contributed by atoms with Gasteiger partial charge in [0.05, 0.1) is 11.6 Å². The van der Waals surface area contributed by atoms with Gasteiger partial charge in [-0.25, -0.2) is 8.78 Å². The first-order valence-electron chi connectivity index (χ1n) is 5.22. The van der Waals surface area contributed by atoms with Crippen LogP contribution in [0.5, 0.6) is 0 Å². The Morgan fingerprint density at radius 1 is 1.31 bits per heavy atom. The smallest absolute Gasteiger partial charge is 0.251 e. The number of alkyl halides is 2. The van der Waals surface area contributed by atoms with Gasteiger partial charge in [-0.05, 0) is 17.7 Å². The van der Waals surface area contributed by atoms with Crippen LogP contribution in [-0.4, -0.2) is 12.5 Å². The minimum atomic E-state index is -2.58. The minimum absolute atomic E-state index is 0.0974. The molecule has 1 aliphatic rings. The molecule has 0 radical (unpaired) electrons. The van der Waals surface area contributed by atoms with Crippen LogP contribution in [0.4, 0.5) is 8.78 Å². The highest BCUT2D eigenvalue weighted by Gasteiger charge is 2.36. The molecule has 0 saturated carbocycles. The highest BCUT2D eigenvalue weighted by Crippen LogP contribution is 2.34. The van der Waals surface area contributed by atoms with E-state index in [9.17, 15) is 8.78 Å². The second-order valence-corrected chi connectivity index (χ2v) is 4.05. The average molecular weight is 222 g/mol. The first kappa shape index (κ1) is 11.0. The van der Waals surface area contributed by atoms with E-state index in [0.717, 1.165) is 5.56 Å². The van der Waals surface area contributed by atoms with Crippen LogP contribution >= 0.6 is 0 Å². The molecule has 2 rings (SSSR count). The minimum Gasteiger partial charge on any atom is -0.310 e. The number of nitrogens with zero attached hydrogens (tertiary/aromatic N) is 1. The third-order valence-electron chi connectivity index (χ3n) is 2.83. The van der Waals surface area contributed by atoms with Crippen LogP contribution in [0.3, 0.4) is 0 Å². The van der Waals surface area contributed by atoms with Gasteiger partial charge in [0.1, 0.15) is 0 Å². The molecule has 1 fully saturated rings. The van der Waals surface area contributed by atoms with Gasteiger partial charge < -0.3 is 5.32 Å². The molecule has 1 aliphatic heterocycles. The quantitative estimate of drug-likeness (QED) is 0.792. The number of rotatable bonds is 1. The number of hydrogen-bond acceptors (Lipinski definition) is 2. The Morgan fingerprint density at radius 3 is 2.56 bits per heavy atom. The first-order valence-corrected chi connectivity index (χ1v) is 5.22. The molecule has 1 heterocycles. The van der Waals surface area contributed by atoms with Gasteiger partial charge in [-0.2, -0.15) is 5.26 Å². The maximum atomic E-state index is 13.2. The topological polar surface area (TPSA) is 35.8 Å². The van der Waals surface area contributed by atoms with Gasteiger partial charge in [-0.1, -0.05) is 12.1 Å². The Hall–Kier alpha value is -1.47. The van der Waals surface area contributed by atoms with Gasteiger partial charge in [0.15, 0.2) is 0 Å². The Labute approximate surface area is 92.9 Å². The first-order chi connectivity index (χ1) is 7.61. The van der Waals surface area contributed by atoms with Crippen molar-refractivity contribution < 1.29 is 8.78 Å². The Morgan fingerprint density at radius 2 is 2.00 bits per heavy atom. The Bertz CT molecular complexity index is 406. The number of nitriles is 1. The van der Waals surface area contributed by atoms with Gasteiger partial charge in [0, 0.05) is 25.4 Å². The summed E-state index contributed by atoms with van der Waals surface area (Å²) in [4.78, 5) is 0. The van der Waals surface area contributed by atoms with Crippen LogP contribution in [0.2, 0.25) is 0 Å². The summed E-state index contributed by atoms with van der Waals surface area (Å²) in [7, 11) is 0. The molecule has 0 unspecified atom stereocenters. The van der Waals surface area contributed by atoms with Crippen molar-refractivity contribution in [2.75, 3.05) is 6.54 Å². The van der Waals surface area contributed by atoms with E-state index < -0.39 is 5.92 Å². The molecule has 0 amide bonds. The van der Waals surface area contributed by atoms with Crippen LogP contribution in [0.25, 0.3) is 0 Å². The highest BCUT2D eigenvalue weighted by atomic mass is 19.3. The molecule has 84 valence electrons. The van der Waals surface area contributed by atoms with Crippen LogP contribution in [0.1, 0.15) is 30.0 Å². The van der Waals surface area contributed by atoms with Crippen molar-refractivity contribution in [2.45, 2.75) is 24.8 Å². The summed E-state index contributed by atoms with van der Waals surface area (Å²) in [6.07, 6.45) is -0.265. The van der Waals surface area contributed by atoms with Crippen LogP contribution in [0.15, 0.2) is 24.3 Å².